The number of pyridine rings is 1. The van der Waals surface area contributed by atoms with Crippen molar-refractivity contribution in [2.75, 3.05) is 25.0 Å². The first-order chi connectivity index (χ1) is 19.3. The fourth-order valence-electron chi connectivity index (χ4n) is 6.19. The number of alkyl halides is 2. The number of nitrogens with zero attached hydrogens (tertiary/aromatic N) is 2. The zero-order valence-corrected chi connectivity index (χ0v) is 22.7. The van der Waals surface area contributed by atoms with E-state index in [4.69, 9.17) is 9.47 Å². The molecule has 1 aromatic carbocycles. The molecule has 2 aromatic rings. The van der Waals surface area contributed by atoms with Crippen molar-refractivity contribution >= 4 is 11.8 Å². The minimum Gasteiger partial charge on any atom is -0.480 e. The van der Waals surface area contributed by atoms with Gasteiger partial charge < -0.3 is 19.9 Å². The summed E-state index contributed by atoms with van der Waals surface area (Å²) in [7, 11) is 0. The number of aromatic nitrogens is 1. The normalized spacial score (nSPS) is 22.2. The number of nitrogens with one attached hydrogen (secondary N) is 1. The SMILES string of the molecule is O=C(O)C(c1cccc(F)c1CO[C@@H]1CCCO1)N1CCC[C@@H]1C(F)(F)CCCCc1ccc2c(n1)NCCC2. The van der Waals surface area contributed by atoms with Crippen LogP contribution < -0.4 is 5.32 Å². The van der Waals surface area contributed by atoms with Crippen LogP contribution in [0.3, 0.4) is 0 Å². The Morgan fingerprint density at radius 3 is 2.88 bits per heavy atom. The number of unbranched alkanes of at least 4 members (excludes halogenated alkanes) is 1. The van der Waals surface area contributed by atoms with E-state index in [1.807, 2.05) is 6.07 Å². The van der Waals surface area contributed by atoms with Crippen molar-refractivity contribution in [1.29, 1.82) is 0 Å². The quantitative estimate of drug-likeness (QED) is 0.314. The standard InChI is InChI=1S/C30H38F3N3O4/c31-24-10-3-9-22(23(24)19-40-26-12-6-18-39-26)27(29(37)38)36-17-5-11-25(36)30(32,33)15-2-1-8-21-14-13-20-7-4-16-34-28(20)35-21/h3,9-10,13-14,25-27H,1-2,4-8,11-12,15-19H2,(H,34,35)(H,37,38)/t25-,26-,27?/m1/s1. The Kier molecular flexibility index (Phi) is 9.27. The summed E-state index contributed by atoms with van der Waals surface area (Å²) in [5.41, 5.74) is 2.30. The molecule has 1 unspecified atom stereocenters. The first-order valence-electron chi connectivity index (χ1n) is 14.4. The van der Waals surface area contributed by atoms with Gasteiger partial charge in [-0.15, -0.1) is 0 Å². The number of ether oxygens (including phenoxy) is 2. The molecular weight excluding hydrogens is 523 g/mol. The molecule has 218 valence electrons. The van der Waals surface area contributed by atoms with Crippen molar-refractivity contribution in [3.8, 4) is 0 Å². The number of hydrogen-bond donors (Lipinski definition) is 2. The van der Waals surface area contributed by atoms with E-state index in [1.165, 1.54) is 28.7 Å². The van der Waals surface area contributed by atoms with E-state index < -0.39 is 36.1 Å². The van der Waals surface area contributed by atoms with Crippen LogP contribution in [-0.4, -0.2) is 58.9 Å². The molecule has 0 radical (unpaired) electrons. The summed E-state index contributed by atoms with van der Waals surface area (Å²) < 4.78 is 57.3. The summed E-state index contributed by atoms with van der Waals surface area (Å²) in [5.74, 6) is -4.08. The minimum absolute atomic E-state index is 0.0754. The van der Waals surface area contributed by atoms with Crippen LogP contribution in [0.1, 0.15) is 79.8 Å². The second-order valence-electron chi connectivity index (χ2n) is 11.0. The number of aliphatic carboxylic acids is 1. The number of benzene rings is 1. The van der Waals surface area contributed by atoms with Gasteiger partial charge in [-0.25, -0.2) is 18.2 Å². The van der Waals surface area contributed by atoms with Gasteiger partial charge in [0, 0.05) is 37.3 Å². The Hall–Kier alpha value is -2.69. The number of likely N-dealkylation sites (tertiary alicyclic amines) is 1. The van der Waals surface area contributed by atoms with E-state index in [0.29, 0.717) is 38.7 Å². The van der Waals surface area contributed by atoms with E-state index in [9.17, 15) is 14.3 Å². The fourth-order valence-corrected chi connectivity index (χ4v) is 6.19. The molecule has 7 nitrogen and oxygen atoms in total. The summed E-state index contributed by atoms with van der Waals surface area (Å²) in [6, 6.07) is 5.56. The zero-order valence-electron chi connectivity index (χ0n) is 22.7. The van der Waals surface area contributed by atoms with Gasteiger partial charge in [0.05, 0.1) is 12.6 Å². The highest BCUT2D eigenvalue weighted by Crippen LogP contribution is 2.41. The maximum atomic E-state index is 15.6. The maximum Gasteiger partial charge on any atom is 0.325 e. The van der Waals surface area contributed by atoms with Gasteiger partial charge in [0.1, 0.15) is 17.7 Å². The van der Waals surface area contributed by atoms with Crippen molar-refractivity contribution in [2.24, 2.45) is 0 Å². The van der Waals surface area contributed by atoms with Crippen LogP contribution >= 0.6 is 0 Å². The largest absolute Gasteiger partial charge is 0.480 e. The molecule has 40 heavy (non-hydrogen) atoms. The van der Waals surface area contributed by atoms with Crippen LogP contribution in [0.4, 0.5) is 19.0 Å². The van der Waals surface area contributed by atoms with Crippen LogP contribution in [0.25, 0.3) is 0 Å². The monoisotopic (exact) mass is 561 g/mol. The van der Waals surface area contributed by atoms with Crippen LogP contribution in [0.5, 0.6) is 0 Å². The van der Waals surface area contributed by atoms with Gasteiger partial charge in [-0.3, -0.25) is 9.69 Å². The number of rotatable bonds is 12. The van der Waals surface area contributed by atoms with Gasteiger partial charge in [0.25, 0.3) is 5.92 Å². The van der Waals surface area contributed by atoms with Gasteiger partial charge in [-0.2, -0.15) is 0 Å². The number of carboxylic acid groups (broad SMARTS) is 1. The summed E-state index contributed by atoms with van der Waals surface area (Å²) in [5, 5.41) is 13.5. The number of carbonyl (C=O) groups is 1. The molecule has 0 aliphatic carbocycles. The first-order valence-corrected chi connectivity index (χ1v) is 14.4. The molecule has 3 atom stereocenters. The Balaban J connectivity index is 1.24. The van der Waals surface area contributed by atoms with E-state index >= 15 is 8.78 Å². The third kappa shape index (κ3) is 6.61. The Morgan fingerprint density at radius 1 is 1.20 bits per heavy atom. The number of hydrogen-bond acceptors (Lipinski definition) is 6. The smallest absolute Gasteiger partial charge is 0.325 e. The van der Waals surface area contributed by atoms with E-state index in [-0.39, 0.29) is 37.1 Å². The molecule has 0 bridgehead atoms. The Bertz CT molecular complexity index is 1170. The molecule has 0 saturated carbocycles. The van der Waals surface area contributed by atoms with Gasteiger partial charge in [0.15, 0.2) is 6.29 Å². The van der Waals surface area contributed by atoms with Crippen LogP contribution in [0.2, 0.25) is 0 Å². The fraction of sp³-hybridized carbons (Fsp3) is 0.600. The number of carboxylic acids is 1. The molecule has 2 N–H and O–H groups in total. The number of anilines is 1. The number of fused-ring (bicyclic) bond motifs is 1. The van der Waals surface area contributed by atoms with Crippen molar-refractivity contribution < 1.29 is 32.5 Å². The third-order valence-electron chi connectivity index (χ3n) is 8.24. The lowest BCUT2D eigenvalue weighted by Crippen LogP contribution is -2.47. The van der Waals surface area contributed by atoms with E-state index in [1.54, 1.807) is 0 Å². The molecule has 5 rings (SSSR count). The molecule has 0 amide bonds. The summed E-state index contributed by atoms with van der Waals surface area (Å²) in [4.78, 5) is 18.5. The Labute approximate surface area is 233 Å². The molecule has 4 heterocycles. The minimum atomic E-state index is -3.09. The lowest BCUT2D eigenvalue weighted by Gasteiger charge is -2.36. The Morgan fingerprint density at radius 2 is 2.08 bits per heavy atom. The van der Waals surface area contributed by atoms with Crippen molar-refractivity contribution in [2.45, 2.75) is 95.1 Å². The maximum absolute atomic E-state index is 15.6. The zero-order chi connectivity index (χ0) is 28.1. The lowest BCUT2D eigenvalue weighted by atomic mass is 9.95. The first kappa shape index (κ1) is 28.8. The summed E-state index contributed by atoms with van der Waals surface area (Å²) >= 11 is 0. The molecule has 2 fully saturated rings. The molecular formula is C30H38F3N3O4. The van der Waals surface area contributed by atoms with Crippen LogP contribution in [-0.2, 0) is 33.7 Å². The summed E-state index contributed by atoms with van der Waals surface area (Å²) in [6.45, 7) is 1.46. The second-order valence-corrected chi connectivity index (χ2v) is 11.0. The molecule has 3 aliphatic rings. The summed E-state index contributed by atoms with van der Waals surface area (Å²) in [6.07, 6.45) is 4.85. The number of halogens is 3. The van der Waals surface area contributed by atoms with Gasteiger partial charge in [0.2, 0.25) is 0 Å². The van der Waals surface area contributed by atoms with Gasteiger partial charge in [-0.05, 0) is 81.2 Å². The molecule has 0 spiro atoms. The highest BCUT2D eigenvalue weighted by molar-refractivity contribution is 5.76. The highest BCUT2D eigenvalue weighted by Gasteiger charge is 2.49. The predicted octanol–water partition coefficient (Wildman–Crippen LogP) is 5.87. The van der Waals surface area contributed by atoms with E-state index in [0.717, 1.165) is 37.3 Å². The highest BCUT2D eigenvalue weighted by atomic mass is 19.3. The van der Waals surface area contributed by atoms with Gasteiger partial charge in [-0.1, -0.05) is 18.2 Å². The van der Waals surface area contributed by atoms with E-state index in [2.05, 4.69) is 16.4 Å². The third-order valence-corrected chi connectivity index (χ3v) is 8.24. The average Bonchev–Trinajstić information content (AvgIpc) is 3.64. The number of aryl methyl sites for hydroxylation is 2. The van der Waals surface area contributed by atoms with Crippen molar-refractivity contribution in [1.82, 2.24) is 9.88 Å². The van der Waals surface area contributed by atoms with Gasteiger partial charge >= 0.3 is 5.97 Å². The topological polar surface area (TPSA) is 83.9 Å². The van der Waals surface area contributed by atoms with Crippen molar-refractivity contribution in [3.63, 3.8) is 0 Å². The average molecular weight is 562 g/mol. The second kappa shape index (κ2) is 12.9. The van der Waals surface area contributed by atoms with Crippen LogP contribution in [0.15, 0.2) is 30.3 Å². The predicted molar refractivity (Wildman–Crippen MR) is 144 cm³/mol. The molecule has 3 aliphatic heterocycles. The molecule has 2 saturated heterocycles. The molecule has 10 heteroatoms. The molecule has 1 aromatic heterocycles. The van der Waals surface area contributed by atoms with Crippen LogP contribution in [0, 0.1) is 5.82 Å². The van der Waals surface area contributed by atoms with Crippen molar-refractivity contribution in [3.05, 3.63) is 58.5 Å². The lowest BCUT2D eigenvalue weighted by molar-refractivity contribution is -0.149.